The summed E-state index contributed by atoms with van der Waals surface area (Å²) in [6.45, 7) is 3.76. The van der Waals surface area contributed by atoms with E-state index >= 15 is 0 Å². The van der Waals surface area contributed by atoms with Crippen LogP contribution < -0.4 is 10.6 Å². The summed E-state index contributed by atoms with van der Waals surface area (Å²) in [5.41, 5.74) is 1.74. The second-order valence-electron chi connectivity index (χ2n) is 4.55. The molecule has 19 heavy (non-hydrogen) atoms. The first-order valence-electron chi connectivity index (χ1n) is 6.00. The Morgan fingerprint density at radius 2 is 2.26 bits per heavy atom. The molecular formula is C13H15ClN2O2S. The van der Waals surface area contributed by atoms with Crippen molar-refractivity contribution in [1.29, 1.82) is 0 Å². The lowest BCUT2D eigenvalue weighted by Crippen LogP contribution is -2.40. The highest BCUT2D eigenvalue weighted by Gasteiger charge is 2.32. The average Bonchev–Trinajstić information content (AvgIpc) is 2.64. The van der Waals surface area contributed by atoms with Crippen molar-refractivity contribution in [1.82, 2.24) is 5.32 Å². The summed E-state index contributed by atoms with van der Waals surface area (Å²) < 4.78 is 5.06. The lowest BCUT2D eigenvalue weighted by Gasteiger charge is -2.15. The minimum Gasteiger partial charge on any atom is -0.461 e. The van der Waals surface area contributed by atoms with Crippen molar-refractivity contribution >= 4 is 40.6 Å². The van der Waals surface area contributed by atoms with Gasteiger partial charge in [0.05, 0.1) is 0 Å². The molecule has 1 aliphatic heterocycles. The summed E-state index contributed by atoms with van der Waals surface area (Å²) in [4.78, 5) is 11.5. The van der Waals surface area contributed by atoms with Crippen LogP contribution in [-0.2, 0) is 9.53 Å². The molecule has 0 spiro atoms. The Morgan fingerprint density at radius 3 is 2.89 bits per heavy atom. The van der Waals surface area contributed by atoms with Crippen LogP contribution in [0.25, 0.3) is 0 Å². The fraction of sp³-hybridized carbons (Fsp3) is 0.385. The molecule has 6 heteroatoms. The first-order valence-corrected chi connectivity index (χ1v) is 6.79. The number of cyclic esters (lactones) is 1. The van der Waals surface area contributed by atoms with Gasteiger partial charge in [0.15, 0.2) is 5.11 Å². The Hall–Kier alpha value is -1.33. The van der Waals surface area contributed by atoms with E-state index in [-0.39, 0.29) is 18.1 Å². The lowest BCUT2D eigenvalue weighted by molar-refractivity contribution is -0.142. The van der Waals surface area contributed by atoms with Crippen molar-refractivity contribution < 1.29 is 9.53 Å². The number of esters is 1. The molecule has 0 radical (unpaired) electrons. The van der Waals surface area contributed by atoms with E-state index in [4.69, 9.17) is 28.6 Å². The number of benzene rings is 1. The largest absolute Gasteiger partial charge is 0.461 e. The number of thiocarbonyl (C=S) groups is 1. The molecule has 1 heterocycles. The standard InChI is InChI=1S/C13H15ClN2O2S/c1-7-6-11(12(17)18-7)16-13(19)15-10-5-3-4-9(14)8(10)2/h3-5,7,11H,6H2,1-2H3,(H2,15,16,19)/t7-,11-/m0/s1. The third-order valence-electron chi connectivity index (χ3n) is 2.99. The maximum Gasteiger partial charge on any atom is 0.329 e. The number of hydrogen-bond acceptors (Lipinski definition) is 3. The third-order valence-corrected chi connectivity index (χ3v) is 3.62. The fourth-order valence-electron chi connectivity index (χ4n) is 1.93. The van der Waals surface area contributed by atoms with Crippen molar-refractivity contribution in [3.05, 3.63) is 28.8 Å². The van der Waals surface area contributed by atoms with Gasteiger partial charge in [-0.3, -0.25) is 0 Å². The number of carbonyl (C=O) groups is 1. The van der Waals surface area contributed by atoms with Crippen molar-refractivity contribution in [2.24, 2.45) is 0 Å². The molecule has 1 aromatic carbocycles. The van der Waals surface area contributed by atoms with Crippen LogP contribution in [0.15, 0.2) is 18.2 Å². The molecular weight excluding hydrogens is 284 g/mol. The number of ether oxygens (including phenoxy) is 1. The molecule has 102 valence electrons. The molecule has 0 bridgehead atoms. The van der Waals surface area contributed by atoms with Gasteiger partial charge in [-0.15, -0.1) is 0 Å². The zero-order valence-corrected chi connectivity index (χ0v) is 12.3. The molecule has 1 aromatic rings. The maximum absolute atomic E-state index is 11.5. The van der Waals surface area contributed by atoms with E-state index in [1.807, 2.05) is 32.0 Å². The van der Waals surface area contributed by atoms with Crippen LogP contribution in [0.1, 0.15) is 18.9 Å². The van der Waals surface area contributed by atoms with Crippen LogP contribution >= 0.6 is 23.8 Å². The first kappa shape index (κ1) is 14.1. The highest BCUT2D eigenvalue weighted by atomic mass is 35.5. The van der Waals surface area contributed by atoms with Crippen LogP contribution in [-0.4, -0.2) is 23.2 Å². The van der Waals surface area contributed by atoms with Gasteiger partial charge in [0.2, 0.25) is 0 Å². The Morgan fingerprint density at radius 1 is 1.53 bits per heavy atom. The van der Waals surface area contributed by atoms with Gasteiger partial charge in [0, 0.05) is 17.1 Å². The third kappa shape index (κ3) is 3.36. The zero-order chi connectivity index (χ0) is 14.0. The number of nitrogens with one attached hydrogen (secondary N) is 2. The smallest absolute Gasteiger partial charge is 0.329 e. The summed E-state index contributed by atoms with van der Waals surface area (Å²) in [6, 6.07) is 5.15. The highest BCUT2D eigenvalue weighted by Crippen LogP contribution is 2.23. The molecule has 1 saturated heterocycles. The summed E-state index contributed by atoms with van der Waals surface area (Å²) in [7, 11) is 0. The summed E-state index contributed by atoms with van der Waals surface area (Å²) in [6.07, 6.45) is 0.551. The van der Waals surface area contributed by atoms with E-state index in [2.05, 4.69) is 10.6 Å². The number of halogens is 1. The van der Waals surface area contributed by atoms with E-state index in [0.717, 1.165) is 11.3 Å². The van der Waals surface area contributed by atoms with Crippen LogP contribution in [0.2, 0.25) is 5.02 Å². The van der Waals surface area contributed by atoms with Crippen LogP contribution in [0.4, 0.5) is 5.69 Å². The number of anilines is 1. The predicted molar refractivity (Wildman–Crippen MR) is 79.5 cm³/mol. The molecule has 0 aromatic heterocycles. The first-order chi connectivity index (χ1) is 8.97. The van der Waals surface area contributed by atoms with E-state index in [0.29, 0.717) is 16.6 Å². The topological polar surface area (TPSA) is 50.4 Å². The van der Waals surface area contributed by atoms with Gasteiger partial charge in [0.25, 0.3) is 0 Å². The van der Waals surface area contributed by atoms with E-state index < -0.39 is 0 Å². The second-order valence-corrected chi connectivity index (χ2v) is 5.36. The Kier molecular flexibility index (Phi) is 4.27. The highest BCUT2D eigenvalue weighted by molar-refractivity contribution is 7.80. The number of rotatable bonds is 2. The molecule has 4 nitrogen and oxygen atoms in total. The van der Waals surface area contributed by atoms with E-state index in [1.54, 1.807) is 0 Å². The molecule has 1 aliphatic rings. The molecule has 0 amide bonds. The van der Waals surface area contributed by atoms with Gasteiger partial charge in [0.1, 0.15) is 12.1 Å². The van der Waals surface area contributed by atoms with Gasteiger partial charge in [-0.1, -0.05) is 17.7 Å². The van der Waals surface area contributed by atoms with Crippen LogP contribution in [0.3, 0.4) is 0 Å². The van der Waals surface area contributed by atoms with Crippen molar-refractivity contribution in [2.45, 2.75) is 32.4 Å². The quantitative estimate of drug-likeness (QED) is 0.649. The Balaban J connectivity index is 1.98. The van der Waals surface area contributed by atoms with Gasteiger partial charge >= 0.3 is 5.97 Å². The number of hydrogen-bond donors (Lipinski definition) is 2. The fourth-order valence-corrected chi connectivity index (χ4v) is 2.36. The van der Waals surface area contributed by atoms with Gasteiger partial charge in [-0.25, -0.2) is 4.79 Å². The van der Waals surface area contributed by atoms with Gasteiger partial charge in [-0.2, -0.15) is 0 Å². The minimum absolute atomic E-state index is 0.0688. The summed E-state index contributed by atoms with van der Waals surface area (Å²) in [5.74, 6) is -0.264. The van der Waals surface area contributed by atoms with Crippen molar-refractivity contribution in [3.8, 4) is 0 Å². The summed E-state index contributed by atoms with van der Waals surface area (Å²) in [5, 5.41) is 7.06. The average molecular weight is 299 g/mol. The summed E-state index contributed by atoms with van der Waals surface area (Å²) >= 11 is 11.2. The molecule has 2 N–H and O–H groups in total. The van der Waals surface area contributed by atoms with Crippen molar-refractivity contribution in [2.75, 3.05) is 5.32 Å². The predicted octanol–water partition coefficient (Wildman–Crippen LogP) is 2.64. The normalized spacial score (nSPS) is 21.9. The minimum atomic E-state index is -0.380. The molecule has 0 aliphatic carbocycles. The molecule has 2 rings (SSSR count). The molecule has 1 fully saturated rings. The molecule has 2 atom stereocenters. The molecule has 0 unspecified atom stereocenters. The molecule has 0 saturated carbocycles. The van der Waals surface area contributed by atoms with Crippen LogP contribution in [0.5, 0.6) is 0 Å². The van der Waals surface area contributed by atoms with E-state index in [1.165, 1.54) is 0 Å². The monoisotopic (exact) mass is 298 g/mol. The second kappa shape index (κ2) is 5.75. The Labute approximate surface area is 122 Å². The van der Waals surface area contributed by atoms with Gasteiger partial charge in [-0.05, 0) is 43.8 Å². The zero-order valence-electron chi connectivity index (χ0n) is 10.7. The Bertz CT molecular complexity index is 521. The van der Waals surface area contributed by atoms with E-state index in [9.17, 15) is 4.79 Å². The van der Waals surface area contributed by atoms with Crippen LogP contribution in [0, 0.1) is 6.92 Å². The SMILES string of the molecule is Cc1c(Cl)cccc1NC(=S)N[C@H]1C[C@H](C)OC1=O. The maximum atomic E-state index is 11.5. The van der Waals surface area contributed by atoms with Crippen molar-refractivity contribution in [3.63, 3.8) is 0 Å². The van der Waals surface area contributed by atoms with Gasteiger partial charge < -0.3 is 15.4 Å². The lowest BCUT2D eigenvalue weighted by atomic mass is 10.2. The number of carbonyl (C=O) groups excluding carboxylic acids is 1.